The minimum absolute atomic E-state index is 0.125. The van der Waals surface area contributed by atoms with E-state index in [0.29, 0.717) is 10.6 Å². The Labute approximate surface area is 151 Å². The molecule has 2 amide bonds. The predicted molar refractivity (Wildman–Crippen MR) is 97.5 cm³/mol. The molecule has 0 aliphatic rings. The van der Waals surface area contributed by atoms with Crippen molar-refractivity contribution in [2.45, 2.75) is 19.9 Å². The average molecular weight is 359 g/mol. The number of hydrazone groups is 1. The van der Waals surface area contributed by atoms with Crippen molar-refractivity contribution in [3.63, 3.8) is 0 Å². The molecular formula is C18H19ClN4O2. The maximum atomic E-state index is 12.4. The lowest BCUT2D eigenvalue weighted by atomic mass is 10.0. The number of carbonyl (C=O) groups is 2. The van der Waals surface area contributed by atoms with Gasteiger partial charge in [0.2, 0.25) is 0 Å². The summed E-state index contributed by atoms with van der Waals surface area (Å²) in [6.07, 6.45) is 4.75. The quantitative estimate of drug-likeness (QED) is 0.615. The third-order valence-corrected chi connectivity index (χ3v) is 3.76. The number of amides is 2. The van der Waals surface area contributed by atoms with E-state index in [4.69, 9.17) is 11.6 Å². The van der Waals surface area contributed by atoms with Crippen molar-refractivity contribution in [3.8, 4) is 0 Å². The highest BCUT2D eigenvalue weighted by Gasteiger charge is 2.25. The third kappa shape index (κ3) is 5.39. The third-order valence-electron chi connectivity index (χ3n) is 3.43. The van der Waals surface area contributed by atoms with E-state index < -0.39 is 17.9 Å². The Morgan fingerprint density at radius 1 is 1.20 bits per heavy atom. The molecule has 0 bridgehead atoms. The lowest BCUT2D eigenvalue weighted by Crippen LogP contribution is -2.48. The average Bonchev–Trinajstić information content (AvgIpc) is 2.60. The summed E-state index contributed by atoms with van der Waals surface area (Å²) >= 11 is 6.02. The number of nitrogens with one attached hydrogen (secondary N) is 2. The first-order valence-electron chi connectivity index (χ1n) is 7.77. The van der Waals surface area contributed by atoms with Crippen LogP contribution in [0.25, 0.3) is 0 Å². The van der Waals surface area contributed by atoms with Crippen LogP contribution in [0.1, 0.15) is 29.8 Å². The molecule has 0 aliphatic carbocycles. The topological polar surface area (TPSA) is 83.5 Å². The van der Waals surface area contributed by atoms with E-state index >= 15 is 0 Å². The second-order valence-electron chi connectivity index (χ2n) is 5.70. The molecule has 0 aliphatic heterocycles. The zero-order valence-electron chi connectivity index (χ0n) is 13.9. The molecule has 2 N–H and O–H groups in total. The van der Waals surface area contributed by atoms with Gasteiger partial charge in [0.25, 0.3) is 11.8 Å². The molecule has 2 aromatic rings. The summed E-state index contributed by atoms with van der Waals surface area (Å²) in [7, 11) is 0. The molecule has 1 aromatic carbocycles. The molecule has 1 unspecified atom stereocenters. The maximum Gasteiger partial charge on any atom is 0.262 e. The van der Waals surface area contributed by atoms with E-state index in [1.807, 2.05) is 19.9 Å². The van der Waals surface area contributed by atoms with Gasteiger partial charge in [-0.2, -0.15) is 5.10 Å². The van der Waals surface area contributed by atoms with E-state index in [1.165, 1.54) is 6.21 Å². The number of pyridine rings is 1. The van der Waals surface area contributed by atoms with Gasteiger partial charge in [0.05, 0.1) is 16.8 Å². The molecule has 2 rings (SSSR count). The molecule has 130 valence electrons. The predicted octanol–water partition coefficient (Wildman–Crippen LogP) is 2.64. The van der Waals surface area contributed by atoms with Crippen molar-refractivity contribution in [2.24, 2.45) is 11.0 Å². The Kier molecular flexibility index (Phi) is 6.65. The normalized spacial score (nSPS) is 12.2. The van der Waals surface area contributed by atoms with Crippen LogP contribution in [0.2, 0.25) is 5.02 Å². The Bertz CT molecular complexity index is 763. The van der Waals surface area contributed by atoms with Gasteiger partial charge in [-0.3, -0.25) is 14.6 Å². The first-order chi connectivity index (χ1) is 12.0. The zero-order valence-corrected chi connectivity index (χ0v) is 14.7. The van der Waals surface area contributed by atoms with E-state index in [-0.39, 0.29) is 5.92 Å². The molecule has 0 saturated heterocycles. The molecule has 0 spiro atoms. The van der Waals surface area contributed by atoms with Gasteiger partial charge in [-0.25, -0.2) is 5.43 Å². The van der Waals surface area contributed by atoms with Gasteiger partial charge >= 0.3 is 0 Å². The summed E-state index contributed by atoms with van der Waals surface area (Å²) in [6.45, 7) is 3.67. The standard InChI is InChI=1S/C18H19ClN4O2/c1-12(2)16(22-17(24)14-7-3-4-8-15(14)19)18(25)23-21-11-13-6-5-9-20-10-13/h3-12,16H,1-2H3,(H,22,24)(H,23,25)/b21-11-. The van der Waals surface area contributed by atoms with Gasteiger partial charge in [0.1, 0.15) is 6.04 Å². The Morgan fingerprint density at radius 2 is 1.96 bits per heavy atom. The number of nitrogens with zero attached hydrogens (tertiary/aromatic N) is 2. The van der Waals surface area contributed by atoms with Crippen LogP contribution >= 0.6 is 11.6 Å². The Balaban J connectivity index is 2.02. The molecular weight excluding hydrogens is 340 g/mol. The van der Waals surface area contributed by atoms with E-state index in [0.717, 1.165) is 5.56 Å². The van der Waals surface area contributed by atoms with Gasteiger partial charge in [-0.05, 0) is 24.1 Å². The molecule has 1 aromatic heterocycles. The highest BCUT2D eigenvalue weighted by molar-refractivity contribution is 6.33. The Morgan fingerprint density at radius 3 is 2.60 bits per heavy atom. The summed E-state index contributed by atoms with van der Waals surface area (Å²) < 4.78 is 0. The first kappa shape index (κ1) is 18.6. The van der Waals surface area contributed by atoms with Crippen LogP contribution in [-0.4, -0.2) is 29.1 Å². The molecule has 1 heterocycles. The van der Waals surface area contributed by atoms with Gasteiger partial charge in [0, 0.05) is 18.0 Å². The summed E-state index contributed by atoms with van der Waals surface area (Å²) in [6, 6.07) is 9.51. The summed E-state index contributed by atoms with van der Waals surface area (Å²) in [5.41, 5.74) is 3.51. The number of hydrogen-bond donors (Lipinski definition) is 2. The lowest BCUT2D eigenvalue weighted by molar-refractivity contribution is -0.123. The first-order valence-corrected chi connectivity index (χ1v) is 8.15. The molecule has 25 heavy (non-hydrogen) atoms. The fourth-order valence-electron chi connectivity index (χ4n) is 2.09. The fraction of sp³-hybridized carbons (Fsp3) is 0.222. The largest absolute Gasteiger partial charge is 0.340 e. The molecule has 6 nitrogen and oxygen atoms in total. The van der Waals surface area contributed by atoms with Crippen molar-refractivity contribution in [2.75, 3.05) is 0 Å². The number of rotatable bonds is 6. The maximum absolute atomic E-state index is 12.4. The summed E-state index contributed by atoms with van der Waals surface area (Å²) in [5.74, 6) is -0.939. The van der Waals surface area contributed by atoms with Crippen molar-refractivity contribution in [3.05, 3.63) is 64.9 Å². The van der Waals surface area contributed by atoms with Crippen LogP contribution in [0.15, 0.2) is 53.9 Å². The molecule has 1 atom stereocenters. The fourth-order valence-corrected chi connectivity index (χ4v) is 2.31. The van der Waals surface area contributed by atoms with E-state index in [1.54, 1.807) is 42.7 Å². The van der Waals surface area contributed by atoms with Crippen molar-refractivity contribution >= 4 is 29.6 Å². The van der Waals surface area contributed by atoms with Gasteiger partial charge in [0.15, 0.2) is 0 Å². The minimum atomic E-state index is -0.741. The second-order valence-corrected chi connectivity index (χ2v) is 6.10. The highest BCUT2D eigenvalue weighted by atomic mass is 35.5. The summed E-state index contributed by atoms with van der Waals surface area (Å²) in [4.78, 5) is 28.6. The van der Waals surface area contributed by atoms with Crippen molar-refractivity contribution in [1.29, 1.82) is 0 Å². The molecule has 0 saturated carbocycles. The lowest BCUT2D eigenvalue weighted by Gasteiger charge is -2.20. The molecule has 7 heteroatoms. The SMILES string of the molecule is CC(C)C(NC(=O)c1ccccc1Cl)C(=O)N/N=C\c1cccnc1. The van der Waals surface area contributed by atoms with Crippen LogP contribution < -0.4 is 10.7 Å². The smallest absolute Gasteiger partial charge is 0.262 e. The minimum Gasteiger partial charge on any atom is -0.340 e. The second kappa shape index (κ2) is 8.94. The monoisotopic (exact) mass is 358 g/mol. The zero-order chi connectivity index (χ0) is 18.2. The number of halogens is 1. The number of aromatic nitrogens is 1. The van der Waals surface area contributed by atoms with Crippen LogP contribution in [0.5, 0.6) is 0 Å². The number of benzene rings is 1. The van der Waals surface area contributed by atoms with Crippen LogP contribution in [0.3, 0.4) is 0 Å². The van der Waals surface area contributed by atoms with Gasteiger partial charge in [-0.1, -0.05) is 43.6 Å². The van der Waals surface area contributed by atoms with Gasteiger partial charge in [-0.15, -0.1) is 0 Å². The van der Waals surface area contributed by atoms with E-state index in [9.17, 15) is 9.59 Å². The van der Waals surface area contributed by atoms with Crippen LogP contribution in [-0.2, 0) is 4.79 Å². The number of carbonyl (C=O) groups excluding carboxylic acids is 2. The van der Waals surface area contributed by atoms with E-state index in [2.05, 4.69) is 20.8 Å². The Hall–Kier alpha value is -2.73. The van der Waals surface area contributed by atoms with Crippen LogP contribution in [0, 0.1) is 5.92 Å². The molecule has 0 fully saturated rings. The highest BCUT2D eigenvalue weighted by Crippen LogP contribution is 2.15. The van der Waals surface area contributed by atoms with Crippen molar-refractivity contribution < 1.29 is 9.59 Å². The summed E-state index contributed by atoms with van der Waals surface area (Å²) in [5, 5.41) is 6.93. The molecule has 0 radical (unpaired) electrons. The number of hydrogen-bond acceptors (Lipinski definition) is 4. The van der Waals surface area contributed by atoms with Crippen molar-refractivity contribution in [1.82, 2.24) is 15.7 Å². The van der Waals surface area contributed by atoms with Crippen LogP contribution in [0.4, 0.5) is 0 Å². The van der Waals surface area contributed by atoms with Gasteiger partial charge < -0.3 is 5.32 Å².